The van der Waals surface area contributed by atoms with Gasteiger partial charge in [0.15, 0.2) is 0 Å². The van der Waals surface area contributed by atoms with Crippen molar-refractivity contribution >= 4 is 17.5 Å². The number of carbonyl (C=O) groups is 1. The van der Waals surface area contributed by atoms with Crippen LogP contribution in [0.3, 0.4) is 0 Å². The van der Waals surface area contributed by atoms with E-state index < -0.39 is 5.82 Å². The maximum atomic E-state index is 13.0. The highest BCUT2D eigenvalue weighted by Crippen LogP contribution is 2.20. The van der Waals surface area contributed by atoms with Gasteiger partial charge in [0, 0.05) is 45.3 Å². The van der Waals surface area contributed by atoms with Gasteiger partial charge in [-0.25, -0.2) is 4.39 Å². The highest BCUT2D eigenvalue weighted by atomic mass is 35.5. The summed E-state index contributed by atoms with van der Waals surface area (Å²) < 4.78 is 13.0. The van der Waals surface area contributed by atoms with Crippen LogP contribution in [-0.4, -0.2) is 61.0 Å². The Morgan fingerprint density at radius 2 is 1.95 bits per heavy atom. The molecule has 6 heteroatoms. The lowest BCUT2D eigenvalue weighted by molar-refractivity contribution is 0.0502. The van der Waals surface area contributed by atoms with E-state index in [1.807, 2.05) is 0 Å². The fraction of sp³-hybridized carbons (Fsp3) is 0.500. The predicted octanol–water partition coefficient (Wildman–Crippen LogP) is 1.21. The van der Waals surface area contributed by atoms with E-state index in [9.17, 15) is 9.18 Å². The van der Waals surface area contributed by atoms with Crippen molar-refractivity contribution < 1.29 is 9.18 Å². The van der Waals surface area contributed by atoms with Crippen LogP contribution < -0.4 is 5.32 Å². The number of nitrogens with one attached hydrogen (secondary N) is 1. The lowest BCUT2D eigenvalue weighted by Gasteiger charge is -2.43. The average molecular weight is 298 g/mol. The van der Waals surface area contributed by atoms with Crippen molar-refractivity contribution in [2.24, 2.45) is 0 Å². The molecule has 0 aliphatic carbocycles. The van der Waals surface area contributed by atoms with Gasteiger partial charge >= 0.3 is 0 Å². The SMILES string of the molecule is O=C(c1ccc(F)cc1Cl)N1CCN(C2CNC2)CC1. The minimum Gasteiger partial charge on any atom is -0.336 e. The molecular weight excluding hydrogens is 281 g/mol. The minimum absolute atomic E-state index is 0.110. The standard InChI is InChI=1S/C14H17ClFN3O/c15-13-7-10(16)1-2-12(13)14(20)19-5-3-18(4-6-19)11-8-17-9-11/h1-2,7,11,17H,3-6,8-9H2. The van der Waals surface area contributed by atoms with Crippen molar-refractivity contribution in [3.63, 3.8) is 0 Å². The molecule has 4 nitrogen and oxygen atoms in total. The molecule has 0 unspecified atom stereocenters. The number of carbonyl (C=O) groups excluding carboxylic acids is 1. The molecule has 2 fully saturated rings. The fourth-order valence-corrected chi connectivity index (χ4v) is 2.90. The quantitative estimate of drug-likeness (QED) is 0.891. The van der Waals surface area contributed by atoms with Gasteiger partial charge < -0.3 is 10.2 Å². The van der Waals surface area contributed by atoms with Gasteiger partial charge in [-0.05, 0) is 18.2 Å². The summed E-state index contributed by atoms with van der Waals surface area (Å²) in [5, 5.41) is 3.44. The monoisotopic (exact) mass is 297 g/mol. The number of piperazine rings is 1. The molecule has 0 saturated carbocycles. The first kappa shape index (κ1) is 13.8. The Bertz CT molecular complexity index is 513. The van der Waals surface area contributed by atoms with Gasteiger partial charge in [-0.15, -0.1) is 0 Å². The molecule has 0 bridgehead atoms. The zero-order valence-electron chi connectivity index (χ0n) is 11.1. The summed E-state index contributed by atoms with van der Waals surface area (Å²) in [4.78, 5) is 16.6. The minimum atomic E-state index is -0.422. The van der Waals surface area contributed by atoms with Gasteiger partial charge in [0.1, 0.15) is 5.82 Å². The first-order chi connectivity index (χ1) is 9.65. The van der Waals surface area contributed by atoms with E-state index in [1.54, 1.807) is 4.90 Å². The molecule has 0 spiro atoms. The van der Waals surface area contributed by atoms with Crippen LogP contribution in [-0.2, 0) is 0 Å². The molecule has 2 aliphatic rings. The van der Waals surface area contributed by atoms with E-state index in [0.29, 0.717) is 24.7 Å². The third-order valence-corrected chi connectivity index (χ3v) is 4.35. The molecule has 0 aromatic heterocycles. The second-order valence-corrected chi connectivity index (χ2v) is 5.67. The molecule has 0 radical (unpaired) electrons. The molecule has 2 heterocycles. The summed E-state index contributed by atoms with van der Waals surface area (Å²) in [6.07, 6.45) is 0. The Kier molecular flexibility index (Phi) is 3.92. The molecular formula is C14H17ClFN3O. The van der Waals surface area contributed by atoms with Gasteiger partial charge in [0.2, 0.25) is 0 Å². The zero-order valence-corrected chi connectivity index (χ0v) is 11.9. The molecule has 2 aliphatic heterocycles. The van der Waals surface area contributed by atoms with Crippen molar-refractivity contribution in [2.45, 2.75) is 6.04 Å². The summed E-state index contributed by atoms with van der Waals surface area (Å²) in [6.45, 7) is 5.25. The molecule has 3 rings (SSSR count). The molecule has 2 saturated heterocycles. The number of halogens is 2. The van der Waals surface area contributed by atoms with Gasteiger partial charge in [-0.1, -0.05) is 11.6 Å². The normalized spacial score (nSPS) is 20.8. The molecule has 1 aromatic carbocycles. The van der Waals surface area contributed by atoms with Crippen LogP contribution in [0.15, 0.2) is 18.2 Å². The summed E-state index contributed by atoms with van der Waals surface area (Å²) in [5.41, 5.74) is 0.381. The third kappa shape index (κ3) is 2.66. The van der Waals surface area contributed by atoms with Crippen molar-refractivity contribution in [1.29, 1.82) is 0 Å². The van der Waals surface area contributed by atoms with E-state index in [0.717, 1.165) is 26.2 Å². The predicted molar refractivity (Wildman–Crippen MR) is 75.5 cm³/mol. The molecule has 0 atom stereocenters. The van der Waals surface area contributed by atoms with Crippen molar-refractivity contribution in [3.05, 3.63) is 34.6 Å². The lowest BCUT2D eigenvalue weighted by atomic mass is 10.1. The molecule has 108 valence electrons. The van der Waals surface area contributed by atoms with Gasteiger partial charge in [0.05, 0.1) is 10.6 Å². The summed E-state index contributed by atoms with van der Waals surface area (Å²) in [5.74, 6) is -0.532. The largest absolute Gasteiger partial charge is 0.336 e. The van der Waals surface area contributed by atoms with Crippen LogP contribution in [0.5, 0.6) is 0 Å². The van der Waals surface area contributed by atoms with Gasteiger partial charge in [0.25, 0.3) is 5.91 Å². The smallest absolute Gasteiger partial charge is 0.255 e. The van der Waals surface area contributed by atoms with Crippen molar-refractivity contribution in [1.82, 2.24) is 15.1 Å². The number of benzene rings is 1. The Labute approximate surface area is 122 Å². The van der Waals surface area contributed by atoms with Crippen LogP contribution >= 0.6 is 11.6 Å². The van der Waals surface area contributed by atoms with Crippen molar-refractivity contribution in [3.8, 4) is 0 Å². The number of rotatable bonds is 2. The second kappa shape index (κ2) is 5.68. The molecule has 1 aromatic rings. The summed E-state index contributed by atoms with van der Waals surface area (Å²) >= 11 is 5.95. The van der Waals surface area contributed by atoms with E-state index in [4.69, 9.17) is 11.6 Å². The number of hydrogen-bond donors (Lipinski definition) is 1. The second-order valence-electron chi connectivity index (χ2n) is 5.26. The van der Waals surface area contributed by atoms with E-state index in [2.05, 4.69) is 10.2 Å². The third-order valence-electron chi connectivity index (χ3n) is 4.04. The Morgan fingerprint density at radius 1 is 1.25 bits per heavy atom. The van der Waals surface area contributed by atoms with Gasteiger partial charge in [-0.3, -0.25) is 9.69 Å². The summed E-state index contributed by atoms with van der Waals surface area (Å²) in [6, 6.07) is 4.53. The first-order valence-electron chi connectivity index (χ1n) is 6.84. The Hall–Kier alpha value is -1.17. The Balaban J connectivity index is 1.63. The average Bonchev–Trinajstić information content (AvgIpc) is 2.37. The van der Waals surface area contributed by atoms with E-state index in [-0.39, 0.29) is 10.9 Å². The van der Waals surface area contributed by atoms with Gasteiger partial charge in [-0.2, -0.15) is 0 Å². The molecule has 1 N–H and O–H groups in total. The van der Waals surface area contributed by atoms with Crippen LogP contribution in [0.4, 0.5) is 4.39 Å². The van der Waals surface area contributed by atoms with Crippen LogP contribution in [0.2, 0.25) is 5.02 Å². The maximum absolute atomic E-state index is 13.0. The highest BCUT2D eigenvalue weighted by Gasteiger charge is 2.29. The number of hydrogen-bond acceptors (Lipinski definition) is 3. The van der Waals surface area contributed by atoms with Crippen LogP contribution in [0.25, 0.3) is 0 Å². The first-order valence-corrected chi connectivity index (χ1v) is 7.22. The molecule has 20 heavy (non-hydrogen) atoms. The zero-order chi connectivity index (χ0) is 14.1. The topological polar surface area (TPSA) is 35.6 Å². The van der Waals surface area contributed by atoms with Crippen molar-refractivity contribution in [2.75, 3.05) is 39.3 Å². The van der Waals surface area contributed by atoms with Crippen LogP contribution in [0.1, 0.15) is 10.4 Å². The Morgan fingerprint density at radius 3 is 2.50 bits per heavy atom. The number of nitrogens with zero attached hydrogens (tertiary/aromatic N) is 2. The van der Waals surface area contributed by atoms with Crippen LogP contribution in [0, 0.1) is 5.82 Å². The summed E-state index contributed by atoms with van der Waals surface area (Å²) in [7, 11) is 0. The number of amides is 1. The maximum Gasteiger partial charge on any atom is 0.255 e. The molecule has 1 amide bonds. The van der Waals surface area contributed by atoms with E-state index in [1.165, 1.54) is 18.2 Å². The lowest BCUT2D eigenvalue weighted by Crippen LogP contribution is -2.62. The van der Waals surface area contributed by atoms with E-state index >= 15 is 0 Å². The highest BCUT2D eigenvalue weighted by molar-refractivity contribution is 6.33. The fourth-order valence-electron chi connectivity index (χ4n) is 2.66.